The molecule has 0 saturated heterocycles. The Labute approximate surface area is 282 Å². The molecule has 4 rings (SSSR count). The fourth-order valence-corrected chi connectivity index (χ4v) is 7.36. The van der Waals surface area contributed by atoms with Crippen LogP contribution in [0.2, 0.25) is 0 Å². The van der Waals surface area contributed by atoms with Gasteiger partial charge < -0.3 is 29.5 Å². The van der Waals surface area contributed by atoms with Crippen LogP contribution in [0.15, 0.2) is 36.4 Å². The first-order chi connectivity index (χ1) is 22.1. The van der Waals surface area contributed by atoms with Gasteiger partial charge in [0, 0.05) is 0 Å². The van der Waals surface area contributed by atoms with Crippen molar-refractivity contribution in [3.63, 3.8) is 0 Å². The number of carboxylic acid groups (broad SMARTS) is 1. The summed E-state index contributed by atoms with van der Waals surface area (Å²) in [5.74, 6) is -0.265. The Hall–Kier alpha value is -2.52. The van der Waals surface area contributed by atoms with Crippen molar-refractivity contribution < 1.29 is 39.1 Å². The number of fused-ring (bicyclic) bond motifs is 1. The fourth-order valence-electron chi connectivity index (χ4n) is 7.36. The Morgan fingerprint density at radius 3 is 1.77 bits per heavy atom. The van der Waals surface area contributed by atoms with E-state index in [-0.39, 0.29) is 47.6 Å². The Bertz CT molecular complexity index is 1260. The van der Waals surface area contributed by atoms with E-state index in [1.807, 2.05) is 6.92 Å². The molecule has 47 heavy (non-hydrogen) atoms. The molecule has 0 radical (unpaired) electrons. The molecule has 2 aliphatic rings. The van der Waals surface area contributed by atoms with E-state index in [9.17, 15) is 19.8 Å². The molecule has 0 spiro atoms. The minimum Gasteiger partial charge on any atom is -0.478 e. The van der Waals surface area contributed by atoms with Gasteiger partial charge in [-0.05, 0) is 126 Å². The monoisotopic (exact) mass is 656 g/mol. The number of benzene rings is 2. The van der Waals surface area contributed by atoms with Crippen molar-refractivity contribution in [2.24, 2.45) is 17.3 Å². The van der Waals surface area contributed by atoms with Gasteiger partial charge in [-0.15, -0.1) is 0 Å². The van der Waals surface area contributed by atoms with E-state index in [2.05, 4.69) is 41.5 Å². The molecule has 2 atom stereocenters. The van der Waals surface area contributed by atoms with E-state index in [1.165, 1.54) is 25.0 Å². The molecular weight excluding hydrogens is 596 g/mol. The van der Waals surface area contributed by atoms with Gasteiger partial charge >= 0.3 is 11.9 Å². The SMILES string of the molecule is CC(C)(C)OC1CCC(C(C)(C)C2CCC(OCC(O)COC(=O)c3ccc(C(=O)O)c4ccccc34)CC2)CC1.CCCC(C)O. The molecule has 2 fully saturated rings. The number of aliphatic hydroxyl groups excluding tert-OH is 2. The number of ether oxygens (including phenoxy) is 3. The van der Waals surface area contributed by atoms with Crippen molar-refractivity contribution in [2.75, 3.05) is 13.2 Å². The Morgan fingerprint density at radius 1 is 0.787 bits per heavy atom. The Kier molecular flexibility index (Phi) is 14.7. The second kappa shape index (κ2) is 17.8. The number of esters is 1. The van der Waals surface area contributed by atoms with Crippen LogP contribution in [0.25, 0.3) is 10.8 Å². The summed E-state index contributed by atoms with van der Waals surface area (Å²) in [6, 6.07) is 9.71. The maximum absolute atomic E-state index is 12.8. The molecule has 0 heterocycles. The van der Waals surface area contributed by atoms with E-state index in [0.29, 0.717) is 22.8 Å². The molecule has 0 bridgehead atoms. The highest BCUT2D eigenvalue weighted by molar-refractivity contribution is 6.11. The van der Waals surface area contributed by atoms with Crippen molar-refractivity contribution in [1.82, 2.24) is 0 Å². The topological polar surface area (TPSA) is 123 Å². The smallest absolute Gasteiger partial charge is 0.338 e. The van der Waals surface area contributed by atoms with Crippen LogP contribution in [-0.2, 0) is 14.2 Å². The third kappa shape index (κ3) is 11.8. The number of carboxylic acids is 1. The van der Waals surface area contributed by atoms with Crippen molar-refractivity contribution in [3.8, 4) is 0 Å². The van der Waals surface area contributed by atoms with Gasteiger partial charge in [-0.25, -0.2) is 9.59 Å². The van der Waals surface area contributed by atoms with Gasteiger partial charge in [0.05, 0.1) is 41.6 Å². The van der Waals surface area contributed by atoms with Gasteiger partial charge in [0.25, 0.3) is 0 Å². The molecule has 2 aromatic rings. The molecule has 2 aromatic carbocycles. The zero-order chi connectivity index (χ0) is 34.8. The average Bonchev–Trinajstić information content (AvgIpc) is 3.02. The van der Waals surface area contributed by atoms with Gasteiger partial charge in [0.1, 0.15) is 12.7 Å². The summed E-state index contributed by atoms with van der Waals surface area (Å²) in [6.45, 7) is 15.1. The lowest BCUT2D eigenvalue weighted by molar-refractivity contribution is -0.0917. The van der Waals surface area contributed by atoms with E-state index < -0.39 is 18.0 Å². The van der Waals surface area contributed by atoms with Crippen LogP contribution in [0.3, 0.4) is 0 Å². The normalized spacial score (nSPS) is 23.3. The second-order valence-corrected chi connectivity index (χ2v) is 15.2. The van der Waals surface area contributed by atoms with Crippen LogP contribution in [0.5, 0.6) is 0 Å². The molecule has 2 unspecified atom stereocenters. The molecular formula is C39H60O8. The molecule has 8 nitrogen and oxygen atoms in total. The number of hydrogen-bond acceptors (Lipinski definition) is 7. The van der Waals surface area contributed by atoms with Gasteiger partial charge in [0.2, 0.25) is 0 Å². The van der Waals surface area contributed by atoms with Crippen LogP contribution in [0.1, 0.15) is 133 Å². The highest BCUT2D eigenvalue weighted by Gasteiger charge is 2.41. The molecule has 3 N–H and O–H groups in total. The van der Waals surface area contributed by atoms with Crippen molar-refractivity contribution >= 4 is 22.7 Å². The molecule has 8 heteroatoms. The highest BCUT2D eigenvalue weighted by atomic mass is 16.5. The van der Waals surface area contributed by atoms with E-state index >= 15 is 0 Å². The molecule has 0 aliphatic heterocycles. The lowest BCUT2D eigenvalue weighted by atomic mass is 9.60. The maximum Gasteiger partial charge on any atom is 0.338 e. The number of carbonyl (C=O) groups is 2. The number of hydrogen-bond donors (Lipinski definition) is 3. The summed E-state index contributed by atoms with van der Waals surface area (Å²) in [7, 11) is 0. The van der Waals surface area contributed by atoms with E-state index in [0.717, 1.165) is 57.3 Å². The van der Waals surface area contributed by atoms with Crippen molar-refractivity contribution in [2.45, 2.75) is 143 Å². The lowest BCUT2D eigenvalue weighted by Gasteiger charge is -2.47. The van der Waals surface area contributed by atoms with Crippen molar-refractivity contribution in [1.29, 1.82) is 0 Å². The zero-order valence-electron chi connectivity index (χ0n) is 29.8. The van der Waals surface area contributed by atoms with Crippen LogP contribution in [-0.4, -0.2) is 70.5 Å². The number of aliphatic hydroxyl groups is 2. The van der Waals surface area contributed by atoms with Gasteiger partial charge in [-0.3, -0.25) is 0 Å². The first-order valence-corrected chi connectivity index (χ1v) is 17.7. The van der Waals surface area contributed by atoms with Crippen LogP contribution in [0, 0.1) is 17.3 Å². The lowest BCUT2D eigenvalue weighted by Crippen LogP contribution is -2.40. The van der Waals surface area contributed by atoms with Gasteiger partial charge in [0.15, 0.2) is 0 Å². The van der Waals surface area contributed by atoms with Crippen LogP contribution >= 0.6 is 0 Å². The average molecular weight is 657 g/mol. The largest absolute Gasteiger partial charge is 0.478 e. The third-order valence-corrected chi connectivity index (χ3v) is 9.99. The maximum atomic E-state index is 12.8. The van der Waals surface area contributed by atoms with Crippen molar-refractivity contribution in [3.05, 3.63) is 47.5 Å². The summed E-state index contributed by atoms with van der Waals surface area (Å²) >= 11 is 0. The first kappa shape index (κ1) is 38.9. The predicted octanol–water partition coefficient (Wildman–Crippen LogP) is 8.20. The molecule has 264 valence electrons. The molecule has 0 amide bonds. The Morgan fingerprint density at radius 2 is 1.30 bits per heavy atom. The summed E-state index contributed by atoms with van der Waals surface area (Å²) in [4.78, 5) is 24.3. The standard InChI is InChI=1S/C34H48O7.C5H12O/c1-33(2,3)41-26-16-12-23(13-17-26)34(4,5)22-10-14-25(15-11-22)39-20-24(35)21-40-32(38)30-19-18-29(31(36)37)27-8-6-7-9-28(27)30;1-3-4-5(2)6/h6-9,18-19,22-26,35H,10-17,20-21H2,1-5H3,(H,36,37);5-6H,3-4H2,1-2H3. The summed E-state index contributed by atoms with van der Waals surface area (Å²) in [5, 5.41) is 29.4. The zero-order valence-corrected chi connectivity index (χ0v) is 29.8. The fraction of sp³-hybridized carbons (Fsp3) is 0.692. The van der Waals surface area contributed by atoms with Gasteiger partial charge in [-0.2, -0.15) is 0 Å². The predicted molar refractivity (Wildman–Crippen MR) is 186 cm³/mol. The third-order valence-electron chi connectivity index (χ3n) is 9.99. The quantitative estimate of drug-likeness (QED) is 0.196. The number of aromatic carboxylic acids is 1. The number of carbonyl (C=O) groups excluding carboxylic acids is 1. The highest BCUT2D eigenvalue weighted by Crippen LogP contribution is 2.49. The second-order valence-electron chi connectivity index (χ2n) is 15.2. The summed E-state index contributed by atoms with van der Waals surface area (Å²) in [5.41, 5.74) is 0.612. The summed E-state index contributed by atoms with van der Waals surface area (Å²) in [6.07, 6.45) is 10.4. The minimum atomic E-state index is -1.06. The summed E-state index contributed by atoms with van der Waals surface area (Å²) < 4.78 is 17.7. The molecule has 2 aliphatic carbocycles. The molecule has 0 aromatic heterocycles. The van der Waals surface area contributed by atoms with Gasteiger partial charge in [-0.1, -0.05) is 51.5 Å². The van der Waals surface area contributed by atoms with Crippen LogP contribution < -0.4 is 0 Å². The van der Waals surface area contributed by atoms with Crippen LogP contribution in [0.4, 0.5) is 0 Å². The minimum absolute atomic E-state index is 0.0781. The Balaban J connectivity index is 0.000000913. The first-order valence-electron chi connectivity index (χ1n) is 17.7. The van der Waals surface area contributed by atoms with E-state index in [1.54, 1.807) is 24.3 Å². The number of rotatable bonds is 12. The van der Waals surface area contributed by atoms with E-state index in [4.69, 9.17) is 19.3 Å². The molecule has 2 saturated carbocycles.